The van der Waals surface area contributed by atoms with Crippen LogP contribution < -0.4 is 4.74 Å². The number of nitrogens with zero attached hydrogens (tertiary/aromatic N) is 1. The molecule has 1 unspecified atom stereocenters. The minimum atomic E-state index is -0.540. The zero-order valence-electron chi connectivity index (χ0n) is 12.3. The average Bonchev–Trinajstić information content (AvgIpc) is 2.50. The van der Waals surface area contributed by atoms with Gasteiger partial charge in [-0.25, -0.2) is 0 Å². The first-order valence-corrected chi connectivity index (χ1v) is 7.29. The first kappa shape index (κ1) is 15.4. The van der Waals surface area contributed by atoms with Crippen molar-refractivity contribution in [1.82, 2.24) is 0 Å². The van der Waals surface area contributed by atoms with Crippen molar-refractivity contribution in [3.63, 3.8) is 0 Å². The molecule has 0 bridgehead atoms. The second kappa shape index (κ2) is 6.65. The van der Waals surface area contributed by atoms with E-state index in [4.69, 9.17) is 16.3 Å². The molecular weight excluding hydrogens is 282 g/mol. The molecular formula is C18H18ClNO. The fraction of sp³-hybridized carbons (Fsp3) is 0.278. The van der Waals surface area contributed by atoms with Gasteiger partial charge < -0.3 is 4.74 Å². The molecule has 0 N–H and O–H groups in total. The minimum Gasteiger partial charge on any atom is -0.493 e. The zero-order valence-corrected chi connectivity index (χ0v) is 13.0. The van der Waals surface area contributed by atoms with E-state index < -0.39 is 5.41 Å². The van der Waals surface area contributed by atoms with E-state index in [1.807, 2.05) is 62.4 Å². The Balaban J connectivity index is 2.03. The number of nitriles is 1. The number of halogens is 1. The summed E-state index contributed by atoms with van der Waals surface area (Å²) in [6, 6.07) is 17.8. The van der Waals surface area contributed by atoms with Crippen molar-refractivity contribution in [3.05, 3.63) is 64.7 Å². The van der Waals surface area contributed by atoms with Crippen LogP contribution in [-0.2, 0) is 5.41 Å². The highest BCUT2D eigenvalue weighted by Crippen LogP contribution is 2.28. The van der Waals surface area contributed by atoms with Crippen molar-refractivity contribution in [2.45, 2.75) is 25.7 Å². The third-order valence-corrected chi connectivity index (χ3v) is 3.89. The van der Waals surface area contributed by atoms with Gasteiger partial charge in [-0.2, -0.15) is 5.26 Å². The lowest BCUT2D eigenvalue weighted by Gasteiger charge is -2.22. The Morgan fingerprint density at radius 3 is 2.52 bits per heavy atom. The lowest BCUT2D eigenvalue weighted by Crippen LogP contribution is -2.22. The number of aryl methyl sites for hydroxylation is 1. The monoisotopic (exact) mass is 299 g/mol. The van der Waals surface area contributed by atoms with E-state index in [0.717, 1.165) is 16.9 Å². The van der Waals surface area contributed by atoms with Gasteiger partial charge in [0, 0.05) is 11.4 Å². The maximum Gasteiger partial charge on any atom is 0.122 e. The fourth-order valence-electron chi connectivity index (χ4n) is 2.21. The van der Waals surface area contributed by atoms with E-state index in [0.29, 0.717) is 18.1 Å². The van der Waals surface area contributed by atoms with Crippen LogP contribution in [0.2, 0.25) is 5.02 Å². The van der Waals surface area contributed by atoms with Gasteiger partial charge in [0.2, 0.25) is 0 Å². The molecule has 0 saturated heterocycles. The van der Waals surface area contributed by atoms with Gasteiger partial charge in [0.25, 0.3) is 0 Å². The van der Waals surface area contributed by atoms with Gasteiger partial charge in [0.15, 0.2) is 0 Å². The molecule has 3 heteroatoms. The SMILES string of the molecule is Cc1cc(Cl)ccc1OCCC(C)(C#N)c1ccccc1. The van der Waals surface area contributed by atoms with Crippen LogP contribution >= 0.6 is 11.6 Å². The normalized spacial score (nSPS) is 13.2. The lowest BCUT2D eigenvalue weighted by molar-refractivity contribution is 0.283. The molecule has 0 heterocycles. The number of ether oxygens (including phenoxy) is 1. The Hall–Kier alpha value is -1.98. The van der Waals surface area contributed by atoms with E-state index >= 15 is 0 Å². The summed E-state index contributed by atoms with van der Waals surface area (Å²) in [5, 5.41) is 10.2. The van der Waals surface area contributed by atoms with Gasteiger partial charge in [-0.05, 0) is 43.2 Å². The van der Waals surface area contributed by atoms with Crippen LogP contribution in [0.25, 0.3) is 0 Å². The molecule has 2 rings (SSSR count). The van der Waals surface area contributed by atoms with Crippen molar-refractivity contribution >= 4 is 11.6 Å². The molecule has 1 atom stereocenters. The van der Waals surface area contributed by atoms with Gasteiger partial charge in [-0.3, -0.25) is 0 Å². The van der Waals surface area contributed by atoms with Crippen LogP contribution in [0.4, 0.5) is 0 Å². The molecule has 2 aromatic carbocycles. The quantitative estimate of drug-likeness (QED) is 0.787. The smallest absolute Gasteiger partial charge is 0.122 e. The Morgan fingerprint density at radius 2 is 1.90 bits per heavy atom. The predicted molar refractivity (Wildman–Crippen MR) is 85.7 cm³/mol. The summed E-state index contributed by atoms with van der Waals surface area (Å²) in [5.41, 5.74) is 1.48. The molecule has 0 amide bonds. The molecule has 0 radical (unpaired) electrons. The van der Waals surface area contributed by atoms with E-state index in [-0.39, 0.29) is 0 Å². The van der Waals surface area contributed by atoms with Gasteiger partial charge in [-0.15, -0.1) is 0 Å². The lowest BCUT2D eigenvalue weighted by atomic mass is 9.81. The Labute approximate surface area is 130 Å². The summed E-state index contributed by atoms with van der Waals surface area (Å²) < 4.78 is 5.80. The van der Waals surface area contributed by atoms with Crippen LogP contribution in [0.15, 0.2) is 48.5 Å². The second-order valence-electron chi connectivity index (χ2n) is 5.32. The molecule has 2 nitrogen and oxygen atoms in total. The van der Waals surface area contributed by atoms with E-state index in [2.05, 4.69) is 6.07 Å². The molecule has 21 heavy (non-hydrogen) atoms. The van der Waals surface area contributed by atoms with Crippen molar-refractivity contribution < 1.29 is 4.74 Å². The number of rotatable bonds is 5. The summed E-state index contributed by atoms with van der Waals surface area (Å²) in [4.78, 5) is 0. The Bertz CT molecular complexity index is 648. The first-order valence-electron chi connectivity index (χ1n) is 6.91. The van der Waals surface area contributed by atoms with Gasteiger partial charge in [0.1, 0.15) is 5.75 Å². The zero-order chi connectivity index (χ0) is 15.3. The Morgan fingerprint density at radius 1 is 1.19 bits per heavy atom. The number of hydrogen-bond acceptors (Lipinski definition) is 2. The van der Waals surface area contributed by atoms with Gasteiger partial charge in [0.05, 0.1) is 18.1 Å². The number of benzene rings is 2. The molecule has 0 aliphatic heterocycles. The van der Waals surface area contributed by atoms with Gasteiger partial charge >= 0.3 is 0 Å². The van der Waals surface area contributed by atoms with Crippen LogP contribution in [0.5, 0.6) is 5.75 Å². The molecule has 0 aliphatic carbocycles. The highest BCUT2D eigenvalue weighted by Gasteiger charge is 2.26. The topological polar surface area (TPSA) is 33.0 Å². The van der Waals surface area contributed by atoms with E-state index in [9.17, 15) is 5.26 Å². The highest BCUT2D eigenvalue weighted by atomic mass is 35.5. The Kier molecular flexibility index (Phi) is 4.88. The largest absolute Gasteiger partial charge is 0.493 e. The molecule has 0 saturated carbocycles. The third-order valence-electron chi connectivity index (χ3n) is 3.65. The third kappa shape index (κ3) is 3.77. The maximum atomic E-state index is 9.50. The molecule has 0 fully saturated rings. The first-order chi connectivity index (χ1) is 10.0. The van der Waals surface area contributed by atoms with Crippen LogP contribution in [-0.4, -0.2) is 6.61 Å². The summed E-state index contributed by atoms with van der Waals surface area (Å²) in [7, 11) is 0. The molecule has 0 aliphatic rings. The van der Waals surface area contributed by atoms with Crippen LogP contribution in [0.3, 0.4) is 0 Å². The van der Waals surface area contributed by atoms with E-state index in [1.165, 1.54) is 0 Å². The fourth-order valence-corrected chi connectivity index (χ4v) is 2.44. The number of hydrogen-bond donors (Lipinski definition) is 0. The average molecular weight is 300 g/mol. The molecule has 0 aromatic heterocycles. The van der Waals surface area contributed by atoms with Crippen molar-refractivity contribution in [1.29, 1.82) is 5.26 Å². The van der Waals surface area contributed by atoms with Crippen molar-refractivity contribution in [2.75, 3.05) is 6.61 Å². The van der Waals surface area contributed by atoms with Crippen LogP contribution in [0.1, 0.15) is 24.5 Å². The molecule has 0 spiro atoms. The summed E-state index contributed by atoms with van der Waals surface area (Å²) in [6.45, 7) is 4.39. The summed E-state index contributed by atoms with van der Waals surface area (Å²) in [6.07, 6.45) is 0.635. The molecule has 2 aromatic rings. The van der Waals surface area contributed by atoms with Crippen molar-refractivity contribution in [3.8, 4) is 11.8 Å². The minimum absolute atomic E-state index is 0.488. The van der Waals surface area contributed by atoms with Crippen molar-refractivity contribution in [2.24, 2.45) is 0 Å². The van der Waals surface area contributed by atoms with E-state index in [1.54, 1.807) is 0 Å². The summed E-state index contributed by atoms with van der Waals surface area (Å²) in [5.74, 6) is 0.813. The molecule has 108 valence electrons. The predicted octanol–water partition coefficient (Wildman–Crippen LogP) is 4.90. The summed E-state index contributed by atoms with van der Waals surface area (Å²) >= 11 is 5.93. The highest BCUT2D eigenvalue weighted by molar-refractivity contribution is 6.30. The second-order valence-corrected chi connectivity index (χ2v) is 5.75. The van der Waals surface area contributed by atoms with Gasteiger partial charge in [-0.1, -0.05) is 41.9 Å². The van der Waals surface area contributed by atoms with Crippen LogP contribution in [0, 0.1) is 18.3 Å². The maximum absolute atomic E-state index is 9.50. The standard InChI is InChI=1S/C18H18ClNO/c1-14-12-16(19)8-9-17(14)21-11-10-18(2,13-20)15-6-4-3-5-7-15/h3-9,12H,10-11H2,1-2H3.